The van der Waals surface area contributed by atoms with Crippen LogP contribution < -0.4 is 0 Å². The molecule has 3 N–H and O–H groups in total. The molecule has 0 aliphatic heterocycles. The van der Waals surface area contributed by atoms with Gasteiger partial charge in [0.15, 0.2) is 12.2 Å². The van der Waals surface area contributed by atoms with Crippen molar-refractivity contribution in [3.05, 3.63) is 122 Å². The van der Waals surface area contributed by atoms with Crippen molar-refractivity contribution in [3.63, 3.8) is 0 Å². The van der Waals surface area contributed by atoms with Crippen LogP contribution in [0, 0.1) is 0 Å². The summed E-state index contributed by atoms with van der Waals surface area (Å²) in [4.78, 5) is 73.0. The molecule has 0 radical (unpaired) electrons. The van der Waals surface area contributed by atoms with Gasteiger partial charge in [0.25, 0.3) is 0 Å². The van der Waals surface area contributed by atoms with Crippen molar-refractivity contribution in [1.29, 1.82) is 0 Å². The highest BCUT2D eigenvalue weighted by Crippen LogP contribution is 2.45. The van der Waals surface area contributed by atoms with Crippen LogP contribution in [0.4, 0.5) is 0 Å². The Morgan fingerprint density at radius 1 is 0.284 bits per heavy atom. The lowest BCUT2D eigenvalue weighted by molar-refractivity contribution is -0.161. The molecule has 586 valence electrons. The number of phosphoric acid groups is 2. The SMILES string of the molecule is CCCCC/C=C\C/C=C\C/C=C\C/C=C\CCCC(=O)OC[C@H](COP(=O)(O)OC[C@@H](O)COP(=O)(O)OC[C@@H](COC(=O)CCCCCCC/C=C\C=C/CCCCCC)OC(=O)CCCCCCC/C=C\C=C/CCCCCC)OC(=O)CCCCCCC/C=C\C/C=C\CCCCC. The first-order valence-electron chi connectivity index (χ1n) is 39.8. The van der Waals surface area contributed by atoms with Gasteiger partial charge in [0.2, 0.25) is 0 Å². The lowest BCUT2D eigenvalue weighted by atomic mass is 10.1. The van der Waals surface area contributed by atoms with Crippen molar-refractivity contribution < 1.29 is 80.2 Å². The Morgan fingerprint density at radius 3 is 0.853 bits per heavy atom. The largest absolute Gasteiger partial charge is 0.472 e. The number of aliphatic hydroxyl groups excluding tert-OH is 1. The number of aliphatic hydroxyl groups is 1. The Labute approximate surface area is 619 Å². The predicted octanol–water partition coefficient (Wildman–Crippen LogP) is 23.1. The van der Waals surface area contributed by atoms with E-state index in [0.717, 1.165) is 148 Å². The minimum absolute atomic E-state index is 0.0647. The number of carbonyl (C=O) groups excluding carboxylic acids is 4. The number of hydrogen-bond donors (Lipinski definition) is 3. The lowest BCUT2D eigenvalue weighted by Crippen LogP contribution is -2.30. The van der Waals surface area contributed by atoms with Gasteiger partial charge in [-0.1, -0.05) is 271 Å². The van der Waals surface area contributed by atoms with Crippen LogP contribution in [0.1, 0.15) is 323 Å². The highest BCUT2D eigenvalue weighted by Gasteiger charge is 2.30. The second-order valence-corrected chi connectivity index (χ2v) is 29.3. The van der Waals surface area contributed by atoms with Gasteiger partial charge in [0.1, 0.15) is 19.3 Å². The molecular weight excluding hydrogens is 1330 g/mol. The molecule has 0 saturated carbocycles. The second-order valence-electron chi connectivity index (χ2n) is 26.3. The molecule has 0 aliphatic carbocycles. The number of phosphoric ester groups is 2. The van der Waals surface area contributed by atoms with E-state index in [1.165, 1.54) is 89.9 Å². The summed E-state index contributed by atoms with van der Waals surface area (Å²) >= 11 is 0. The van der Waals surface area contributed by atoms with Crippen molar-refractivity contribution >= 4 is 39.5 Å². The van der Waals surface area contributed by atoms with E-state index in [0.29, 0.717) is 32.1 Å². The molecule has 2 unspecified atom stereocenters. The summed E-state index contributed by atoms with van der Waals surface area (Å²) in [5, 5.41) is 10.6. The van der Waals surface area contributed by atoms with Crippen molar-refractivity contribution in [1.82, 2.24) is 0 Å². The van der Waals surface area contributed by atoms with E-state index in [2.05, 4.69) is 137 Å². The normalized spacial score (nSPS) is 14.5. The Kier molecular flexibility index (Phi) is 71.4. The van der Waals surface area contributed by atoms with Crippen molar-refractivity contribution in [2.24, 2.45) is 0 Å². The van der Waals surface area contributed by atoms with Crippen LogP contribution in [0.2, 0.25) is 0 Å². The number of allylic oxidation sites excluding steroid dienone is 20. The van der Waals surface area contributed by atoms with Gasteiger partial charge in [-0.2, -0.15) is 0 Å². The third kappa shape index (κ3) is 73.8. The zero-order valence-electron chi connectivity index (χ0n) is 64.0. The van der Waals surface area contributed by atoms with E-state index in [9.17, 15) is 43.2 Å². The molecule has 19 heteroatoms. The molecule has 102 heavy (non-hydrogen) atoms. The average Bonchev–Trinajstić information content (AvgIpc) is 0.923. The van der Waals surface area contributed by atoms with Gasteiger partial charge < -0.3 is 33.8 Å². The molecule has 5 atom stereocenters. The van der Waals surface area contributed by atoms with E-state index in [1.807, 2.05) is 12.2 Å². The van der Waals surface area contributed by atoms with Gasteiger partial charge in [-0.05, 0) is 148 Å². The van der Waals surface area contributed by atoms with E-state index < -0.39 is 97.5 Å². The maximum Gasteiger partial charge on any atom is 0.472 e. The molecule has 0 bridgehead atoms. The molecule has 0 heterocycles. The Bertz CT molecular complexity index is 2410. The molecule has 0 amide bonds. The monoisotopic (exact) mass is 1470 g/mol. The second kappa shape index (κ2) is 74.7. The minimum Gasteiger partial charge on any atom is -0.462 e. The summed E-state index contributed by atoms with van der Waals surface area (Å²) in [6.07, 6.45) is 81.8. The topological polar surface area (TPSA) is 237 Å². The molecule has 0 aromatic rings. The first-order valence-corrected chi connectivity index (χ1v) is 42.8. The fourth-order valence-electron chi connectivity index (χ4n) is 10.3. The summed E-state index contributed by atoms with van der Waals surface area (Å²) in [5.74, 6) is -2.29. The molecule has 0 aliphatic rings. The maximum absolute atomic E-state index is 13.1. The Morgan fingerprint density at radius 2 is 0.520 bits per heavy atom. The quantitative estimate of drug-likeness (QED) is 0.0128. The van der Waals surface area contributed by atoms with Gasteiger partial charge in [-0.25, -0.2) is 9.13 Å². The summed E-state index contributed by atoms with van der Waals surface area (Å²) in [5.41, 5.74) is 0. The van der Waals surface area contributed by atoms with Crippen molar-refractivity contribution in [2.45, 2.75) is 341 Å². The third-order valence-electron chi connectivity index (χ3n) is 16.4. The minimum atomic E-state index is -5.00. The highest BCUT2D eigenvalue weighted by molar-refractivity contribution is 7.47. The van der Waals surface area contributed by atoms with Gasteiger partial charge in [0, 0.05) is 25.7 Å². The van der Waals surface area contributed by atoms with Crippen LogP contribution in [-0.2, 0) is 65.4 Å². The summed E-state index contributed by atoms with van der Waals surface area (Å²) in [6, 6.07) is 0. The van der Waals surface area contributed by atoms with Crippen LogP contribution in [0.3, 0.4) is 0 Å². The molecule has 0 saturated heterocycles. The smallest absolute Gasteiger partial charge is 0.462 e. The van der Waals surface area contributed by atoms with E-state index in [1.54, 1.807) is 0 Å². The number of rotatable bonds is 74. The van der Waals surface area contributed by atoms with Gasteiger partial charge in [0.05, 0.1) is 26.4 Å². The highest BCUT2D eigenvalue weighted by atomic mass is 31.2. The van der Waals surface area contributed by atoms with Gasteiger partial charge in [-0.15, -0.1) is 0 Å². The van der Waals surface area contributed by atoms with Crippen LogP contribution in [0.25, 0.3) is 0 Å². The number of unbranched alkanes of at least 4 members (excludes halogenated alkanes) is 30. The molecule has 0 aromatic heterocycles. The van der Waals surface area contributed by atoms with E-state index >= 15 is 0 Å². The van der Waals surface area contributed by atoms with Gasteiger partial charge in [-0.3, -0.25) is 37.3 Å². The average molecular weight is 1470 g/mol. The third-order valence-corrected chi connectivity index (χ3v) is 18.3. The number of esters is 4. The Balaban J connectivity index is 5.45. The summed E-state index contributed by atoms with van der Waals surface area (Å²) < 4.78 is 68.5. The molecule has 17 nitrogen and oxygen atoms in total. The maximum atomic E-state index is 13.1. The summed E-state index contributed by atoms with van der Waals surface area (Å²) in [7, 11) is -9.99. The van der Waals surface area contributed by atoms with Crippen LogP contribution >= 0.6 is 15.6 Å². The fraction of sp³-hybridized carbons (Fsp3) is 0.711. The first-order chi connectivity index (χ1) is 49.7. The van der Waals surface area contributed by atoms with Crippen molar-refractivity contribution in [3.8, 4) is 0 Å². The molecule has 0 fully saturated rings. The Hall–Kier alpha value is -4.54. The van der Waals surface area contributed by atoms with Crippen LogP contribution in [0.15, 0.2) is 122 Å². The first kappa shape index (κ1) is 97.5. The van der Waals surface area contributed by atoms with Crippen LogP contribution in [0.5, 0.6) is 0 Å². The molecule has 0 rings (SSSR count). The van der Waals surface area contributed by atoms with E-state index in [4.69, 9.17) is 37.0 Å². The number of carbonyl (C=O) groups is 4. The predicted molar refractivity (Wildman–Crippen MR) is 418 cm³/mol. The molecule has 0 spiro atoms. The number of hydrogen-bond acceptors (Lipinski definition) is 15. The zero-order valence-corrected chi connectivity index (χ0v) is 65.8. The van der Waals surface area contributed by atoms with Crippen LogP contribution in [-0.4, -0.2) is 96.7 Å². The summed E-state index contributed by atoms with van der Waals surface area (Å²) in [6.45, 7) is 4.68. The molecular formula is C83H142O17P2. The lowest BCUT2D eigenvalue weighted by Gasteiger charge is -2.21. The fourth-order valence-corrected chi connectivity index (χ4v) is 11.9. The number of ether oxygens (including phenoxy) is 4. The van der Waals surface area contributed by atoms with E-state index in [-0.39, 0.29) is 25.7 Å². The standard InChI is InChI=1S/C83H142O17P2/c1-5-9-13-17-21-25-29-33-37-38-42-44-48-52-56-60-64-68-81(86)94-74-79(100-83(88)70-66-62-58-54-50-46-41-36-32-28-24-20-16-12-8-4)76-98-102(91,92)96-72-77(84)71-95-101(89,90)97-75-78(99-82(87)69-65-61-57-53-49-45-40-35-31-27-23-19-15-11-7-3)73-93-80(85)67-63-59-55-51-47-43-39-34-30-26-22-18-14-10-6-2/h21,24-28,30-31,33-37,39-42,44,52,56,77-79,84H,5-20,22-23,29,32,38,43,45-51,53-55,57-76H2,1-4H3,(H,89,90)(H,91,92)/b25-21-,28-24-,30-26-,31-27-,37-33-,39-34-,40-35-,41-36-,44-42-,56-52-/t77-,78+,79+/m0/s1. The van der Waals surface area contributed by atoms with Crippen molar-refractivity contribution in [2.75, 3.05) is 39.6 Å². The molecule has 0 aromatic carbocycles. The zero-order chi connectivity index (χ0) is 74.6. The van der Waals surface area contributed by atoms with Gasteiger partial charge >= 0.3 is 39.5 Å².